The first-order valence-electron chi connectivity index (χ1n) is 5.87. The Morgan fingerprint density at radius 1 is 1.00 bits per heavy atom. The Morgan fingerprint density at radius 3 is 2.00 bits per heavy atom. The van der Waals surface area contributed by atoms with Crippen LogP contribution < -0.4 is 0 Å². The number of hydrogen-bond acceptors (Lipinski definition) is 1. The van der Waals surface area contributed by atoms with Gasteiger partial charge in [-0.05, 0) is 56.0 Å². The van der Waals surface area contributed by atoms with Gasteiger partial charge in [-0.3, -0.25) is 0 Å². The van der Waals surface area contributed by atoms with E-state index < -0.39 is 0 Å². The van der Waals surface area contributed by atoms with Crippen molar-refractivity contribution in [2.24, 2.45) is 0 Å². The van der Waals surface area contributed by atoms with Crippen LogP contribution in [0.4, 0.5) is 0 Å². The Balaban J connectivity index is 2.49. The highest BCUT2D eigenvalue weighted by molar-refractivity contribution is 9.09. The number of aryl methyl sites for hydroxylation is 4. The first-order valence-corrected chi connectivity index (χ1v) is 7.98. The predicted octanol–water partition coefficient (Wildman–Crippen LogP) is 6.12. The minimum absolute atomic E-state index is 0.231. The predicted molar refractivity (Wildman–Crippen MR) is 85.5 cm³/mol. The zero-order chi connectivity index (χ0) is 13.4. The highest BCUT2D eigenvalue weighted by Gasteiger charge is 2.18. The molecule has 0 bridgehead atoms. The van der Waals surface area contributed by atoms with Gasteiger partial charge < -0.3 is 0 Å². The van der Waals surface area contributed by atoms with Gasteiger partial charge in [0.05, 0.1) is 9.16 Å². The van der Waals surface area contributed by atoms with E-state index in [1.807, 2.05) is 0 Å². The summed E-state index contributed by atoms with van der Waals surface area (Å²) in [4.78, 5) is 1.50. The number of thiophene rings is 1. The number of alkyl halides is 1. The minimum atomic E-state index is 0.231. The van der Waals surface area contributed by atoms with E-state index in [9.17, 15) is 0 Å². The van der Waals surface area contributed by atoms with Gasteiger partial charge in [0.1, 0.15) is 0 Å². The second-order valence-electron chi connectivity index (χ2n) is 4.78. The first-order chi connectivity index (χ1) is 8.40. The number of hydrogen-bond donors (Lipinski definition) is 0. The largest absolute Gasteiger partial charge is 0.127 e. The summed E-state index contributed by atoms with van der Waals surface area (Å²) in [5, 5.41) is 0. The van der Waals surface area contributed by atoms with Crippen LogP contribution in [0.15, 0.2) is 18.2 Å². The highest BCUT2D eigenvalue weighted by atomic mass is 79.9. The molecule has 96 valence electrons. The van der Waals surface area contributed by atoms with Gasteiger partial charge in [-0.25, -0.2) is 0 Å². The van der Waals surface area contributed by atoms with E-state index in [1.54, 1.807) is 11.3 Å². The molecule has 0 radical (unpaired) electrons. The average Bonchev–Trinajstić information content (AvgIpc) is 2.57. The van der Waals surface area contributed by atoms with Crippen LogP contribution in [-0.2, 0) is 0 Å². The third kappa shape index (κ3) is 2.66. The summed E-state index contributed by atoms with van der Waals surface area (Å²) in [5.41, 5.74) is 6.49. The highest BCUT2D eigenvalue weighted by Crippen LogP contribution is 2.41. The van der Waals surface area contributed by atoms with Gasteiger partial charge in [0, 0.05) is 4.88 Å². The van der Waals surface area contributed by atoms with Crippen molar-refractivity contribution in [3.8, 4) is 0 Å². The first kappa shape index (κ1) is 14.1. The Kier molecular flexibility index (Phi) is 4.20. The van der Waals surface area contributed by atoms with E-state index >= 15 is 0 Å². The lowest BCUT2D eigenvalue weighted by Gasteiger charge is -2.16. The summed E-state index contributed by atoms with van der Waals surface area (Å²) >= 11 is 11.6. The van der Waals surface area contributed by atoms with Gasteiger partial charge in [-0.15, -0.1) is 11.3 Å². The zero-order valence-corrected chi connectivity index (χ0v) is 14.1. The second kappa shape index (κ2) is 5.36. The molecular weight excluding hydrogens is 328 g/mol. The van der Waals surface area contributed by atoms with Crippen molar-refractivity contribution in [1.29, 1.82) is 0 Å². The summed E-state index contributed by atoms with van der Waals surface area (Å²) in [5.74, 6) is 0. The van der Waals surface area contributed by atoms with E-state index in [0.717, 1.165) is 9.90 Å². The monoisotopic (exact) mass is 342 g/mol. The topological polar surface area (TPSA) is 0 Å². The SMILES string of the molecule is Cc1cc(C)c(C(Br)c2cc(C)c(Cl)s2)c(C)c1. The number of halogens is 2. The summed E-state index contributed by atoms with van der Waals surface area (Å²) in [7, 11) is 0. The molecule has 0 fully saturated rings. The van der Waals surface area contributed by atoms with Crippen molar-refractivity contribution in [3.63, 3.8) is 0 Å². The molecular formula is C15H16BrClS. The lowest BCUT2D eigenvalue weighted by molar-refractivity contribution is 1.12. The second-order valence-corrected chi connectivity index (χ2v) is 7.38. The third-order valence-electron chi connectivity index (χ3n) is 3.12. The fourth-order valence-corrected chi connectivity index (χ4v) is 4.68. The molecule has 0 aliphatic rings. The molecule has 0 aliphatic carbocycles. The Labute approximate surface area is 126 Å². The maximum absolute atomic E-state index is 6.16. The van der Waals surface area contributed by atoms with Crippen LogP contribution in [0.2, 0.25) is 4.34 Å². The molecule has 0 spiro atoms. The van der Waals surface area contributed by atoms with Crippen molar-refractivity contribution < 1.29 is 0 Å². The van der Waals surface area contributed by atoms with Crippen LogP contribution in [0.3, 0.4) is 0 Å². The van der Waals surface area contributed by atoms with Gasteiger partial charge in [0.15, 0.2) is 0 Å². The fourth-order valence-electron chi connectivity index (χ4n) is 2.34. The molecule has 0 saturated heterocycles. The molecule has 1 atom stereocenters. The van der Waals surface area contributed by atoms with E-state index in [0.29, 0.717) is 0 Å². The summed E-state index contributed by atoms with van der Waals surface area (Å²) in [6, 6.07) is 6.64. The van der Waals surface area contributed by atoms with Crippen LogP contribution in [0, 0.1) is 27.7 Å². The maximum Gasteiger partial charge on any atom is 0.0960 e. The molecule has 2 rings (SSSR count). The van der Waals surface area contributed by atoms with Crippen LogP contribution in [0.1, 0.15) is 37.5 Å². The smallest absolute Gasteiger partial charge is 0.0960 e. The Hall–Kier alpha value is -0.310. The summed E-state index contributed by atoms with van der Waals surface area (Å²) < 4.78 is 0.886. The molecule has 1 aromatic carbocycles. The Bertz CT molecular complexity index is 544. The van der Waals surface area contributed by atoms with Crippen molar-refractivity contribution in [2.75, 3.05) is 0 Å². The molecule has 0 amide bonds. The molecule has 0 aliphatic heterocycles. The van der Waals surface area contributed by atoms with Crippen LogP contribution in [0.5, 0.6) is 0 Å². The van der Waals surface area contributed by atoms with Gasteiger partial charge >= 0.3 is 0 Å². The summed E-state index contributed by atoms with van der Waals surface area (Å²) in [6.07, 6.45) is 0. The van der Waals surface area contributed by atoms with Gasteiger partial charge in [0.2, 0.25) is 0 Å². The fraction of sp³-hybridized carbons (Fsp3) is 0.333. The molecule has 2 aromatic rings. The van der Waals surface area contributed by atoms with E-state index in [-0.39, 0.29) is 4.83 Å². The van der Waals surface area contributed by atoms with Gasteiger partial charge in [-0.2, -0.15) is 0 Å². The third-order valence-corrected chi connectivity index (χ3v) is 5.99. The molecule has 1 aromatic heterocycles. The van der Waals surface area contributed by atoms with Crippen LogP contribution >= 0.6 is 38.9 Å². The van der Waals surface area contributed by atoms with Crippen molar-refractivity contribution in [2.45, 2.75) is 32.5 Å². The van der Waals surface area contributed by atoms with Crippen molar-refractivity contribution >= 4 is 38.9 Å². The summed E-state index contributed by atoms with van der Waals surface area (Å²) in [6.45, 7) is 8.54. The Morgan fingerprint density at radius 2 is 1.56 bits per heavy atom. The molecule has 0 nitrogen and oxygen atoms in total. The lowest BCUT2D eigenvalue weighted by atomic mass is 9.96. The normalized spacial score (nSPS) is 12.8. The van der Waals surface area contributed by atoms with Crippen LogP contribution in [0.25, 0.3) is 0 Å². The van der Waals surface area contributed by atoms with E-state index in [4.69, 9.17) is 11.6 Å². The van der Waals surface area contributed by atoms with Crippen molar-refractivity contribution in [1.82, 2.24) is 0 Å². The number of benzene rings is 1. The average molecular weight is 344 g/mol. The van der Waals surface area contributed by atoms with Crippen molar-refractivity contribution in [3.05, 3.63) is 55.2 Å². The maximum atomic E-state index is 6.16. The quantitative estimate of drug-likeness (QED) is 0.576. The number of rotatable bonds is 2. The molecule has 1 unspecified atom stereocenters. The molecule has 1 heterocycles. The molecule has 18 heavy (non-hydrogen) atoms. The van der Waals surface area contributed by atoms with E-state index in [2.05, 4.69) is 61.8 Å². The zero-order valence-electron chi connectivity index (χ0n) is 11.0. The minimum Gasteiger partial charge on any atom is -0.127 e. The van der Waals surface area contributed by atoms with Gasteiger partial charge in [0.25, 0.3) is 0 Å². The standard InChI is InChI=1S/C15H16BrClS/c1-8-5-9(2)13(10(3)6-8)14(16)12-7-11(4)15(17)18-12/h5-7,14H,1-4H3. The molecule has 3 heteroatoms. The van der Waals surface area contributed by atoms with E-state index in [1.165, 1.54) is 27.1 Å². The molecule has 0 N–H and O–H groups in total. The van der Waals surface area contributed by atoms with Crippen LogP contribution in [-0.4, -0.2) is 0 Å². The molecule has 0 saturated carbocycles. The lowest BCUT2D eigenvalue weighted by Crippen LogP contribution is -1.98. The van der Waals surface area contributed by atoms with Gasteiger partial charge in [-0.1, -0.05) is 45.2 Å².